The van der Waals surface area contributed by atoms with Gasteiger partial charge >= 0.3 is 0 Å². The number of nitrogens with one attached hydrogen (secondary N) is 3. The van der Waals surface area contributed by atoms with Crippen molar-refractivity contribution in [3.05, 3.63) is 67.2 Å². The van der Waals surface area contributed by atoms with Crippen molar-refractivity contribution < 1.29 is 18.3 Å². The van der Waals surface area contributed by atoms with Gasteiger partial charge < -0.3 is 29.7 Å². The number of methoxy groups -OCH3 is 1. The molecule has 42 heavy (non-hydrogen) atoms. The lowest BCUT2D eigenvalue weighted by Crippen LogP contribution is -2.54. The van der Waals surface area contributed by atoms with E-state index in [0.717, 1.165) is 32.4 Å². The Morgan fingerprint density at radius 3 is 2.74 bits per heavy atom. The summed E-state index contributed by atoms with van der Waals surface area (Å²) >= 11 is 0. The number of aromatic nitrogens is 5. The first kappa shape index (κ1) is 27.4. The Balaban J connectivity index is 1.23. The summed E-state index contributed by atoms with van der Waals surface area (Å²) in [5, 5.41) is 6.82. The molecule has 1 fully saturated rings. The van der Waals surface area contributed by atoms with Crippen LogP contribution in [0.4, 0.5) is 21.7 Å². The zero-order valence-corrected chi connectivity index (χ0v) is 23.2. The van der Waals surface area contributed by atoms with E-state index in [9.17, 15) is 4.79 Å². The highest BCUT2D eigenvalue weighted by molar-refractivity contribution is 6.06. The number of fused-ring (bicyclic) bond motifs is 1. The number of benzene rings is 1. The summed E-state index contributed by atoms with van der Waals surface area (Å²) in [5.74, 6) is -0.133. The number of carbonyl (C=O) groups excluding carboxylic acids is 1. The van der Waals surface area contributed by atoms with Gasteiger partial charge in [0.2, 0.25) is 17.7 Å². The summed E-state index contributed by atoms with van der Waals surface area (Å²) in [7, 11) is 3.67. The third-order valence-electron chi connectivity index (χ3n) is 7.25. The van der Waals surface area contributed by atoms with E-state index >= 15 is 4.39 Å². The monoisotopic (exact) mass is 571 g/mol. The zero-order valence-electron chi connectivity index (χ0n) is 23.2. The van der Waals surface area contributed by atoms with Crippen molar-refractivity contribution >= 4 is 34.1 Å². The average molecular weight is 572 g/mol. The van der Waals surface area contributed by atoms with Gasteiger partial charge in [0.25, 0.3) is 0 Å². The third kappa shape index (κ3) is 5.70. The van der Waals surface area contributed by atoms with Gasteiger partial charge in [-0.25, -0.2) is 24.3 Å². The van der Waals surface area contributed by atoms with Gasteiger partial charge in [0.05, 0.1) is 42.1 Å². The topological polar surface area (TPSA) is 137 Å². The number of hydrogen-bond acceptors (Lipinski definition) is 10. The first-order valence-electron chi connectivity index (χ1n) is 13.5. The Hall–Kier alpha value is -4.72. The molecule has 0 spiro atoms. The molecule has 1 atom stereocenters. The number of ether oxygens (including phenoxy) is 1. The molecule has 13 heteroatoms. The molecule has 1 aromatic carbocycles. The highest BCUT2D eigenvalue weighted by Gasteiger charge is 2.29. The number of H-pyrrole nitrogens is 1. The van der Waals surface area contributed by atoms with Gasteiger partial charge in [-0.1, -0.05) is 12.1 Å². The number of amides is 1. The fourth-order valence-corrected chi connectivity index (χ4v) is 5.00. The Morgan fingerprint density at radius 1 is 1.14 bits per heavy atom. The van der Waals surface area contributed by atoms with Crippen molar-refractivity contribution in [3.8, 4) is 22.8 Å². The summed E-state index contributed by atoms with van der Waals surface area (Å²) < 4.78 is 25.7. The van der Waals surface area contributed by atoms with E-state index < -0.39 is 11.9 Å². The molecule has 0 bridgehead atoms. The van der Waals surface area contributed by atoms with Crippen LogP contribution in [0.25, 0.3) is 33.7 Å². The maximum atomic E-state index is 15.1. The number of rotatable bonds is 9. The quantitative estimate of drug-likeness (QED) is 0.240. The van der Waals surface area contributed by atoms with Crippen LogP contribution in [0.1, 0.15) is 0 Å². The van der Waals surface area contributed by atoms with Crippen molar-refractivity contribution in [1.82, 2.24) is 34.7 Å². The maximum absolute atomic E-state index is 15.1. The Labute approximate surface area is 241 Å². The van der Waals surface area contributed by atoms with Crippen LogP contribution in [0, 0.1) is 5.82 Å². The maximum Gasteiger partial charge on any atom is 0.244 e. The van der Waals surface area contributed by atoms with Crippen molar-refractivity contribution in [1.29, 1.82) is 0 Å². The number of halogens is 1. The van der Waals surface area contributed by atoms with Crippen molar-refractivity contribution in [2.45, 2.75) is 6.04 Å². The second-order valence-electron chi connectivity index (χ2n) is 10.0. The van der Waals surface area contributed by atoms with Crippen LogP contribution in [-0.4, -0.2) is 93.6 Å². The SMILES string of the molecule is COC[C@H](C(=O)Nc1cccc2c(-c3nc(Nc4ccc(-c5ncco5)nc4)ncc3F)c[nH]c12)N1CCN(C)CC1. The minimum Gasteiger partial charge on any atom is -0.443 e. The third-order valence-corrected chi connectivity index (χ3v) is 7.25. The second kappa shape index (κ2) is 12.0. The number of oxazole rings is 1. The minimum atomic E-state index is -0.580. The molecule has 3 N–H and O–H groups in total. The van der Waals surface area contributed by atoms with Gasteiger partial charge in [-0.05, 0) is 25.2 Å². The number of pyridine rings is 1. The average Bonchev–Trinajstić information content (AvgIpc) is 3.69. The molecular weight excluding hydrogens is 541 g/mol. The molecule has 1 aliphatic rings. The Kier molecular flexibility index (Phi) is 7.86. The first-order valence-corrected chi connectivity index (χ1v) is 13.5. The molecule has 0 unspecified atom stereocenters. The molecule has 5 aromatic rings. The van der Waals surface area contributed by atoms with Crippen LogP contribution in [0.5, 0.6) is 0 Å². The van der Waals surface area contributed by atoms with Gasteiger partial charge in [0, 0.05) is 50.4 Å². The highest BCUT2D eigenvalue weighted by Crippen LogP contribution is 2.33. The Bertz CT molecular complexity index is 1670. The van der Waals surface area contributed by atoms with Crippen LogP contribution in [0.15, 0.2) is 65.8 Å². The molecule has 6 rings (SSSR count). The van der Waals surface area contributed by atoms with Gasteiger partial charge in [-0.2, -0.15) is 0 Å². The number of nitrogens with zero attached hydrogens (tertiary/aromatic N) is 6. The molecule has 1 amide bonds. The first-order chi connectivity index (χ1) is 20.5. The number of likely N-dealkylation sites (N-methyl/N-ethyl adjacent to an activating group) is 1. The Morgan fingerprint density at radius 2 is 2.00 bits per heavy atom. The van der Waals surface area contributed by atoms with E-state index in [1.54, 1.807) is 37.8 Å². The lowest BCUT2D eigenvalue weighted by molar-refractivity contribution is -0.124. The summed E-state index contributed by atoms with van der Waals surface area (Å²) in [6.45, 7) is 3.60. The molecular formula is C29H30FN9O3. The number of para-hydroxylation sites is 1. The second-order valence-corrected chi connectivity index (χ2v) is 10.0. The molecule has 0 radical (unpaired) electrons. The van der Waals surface area contributed by atoms with E-state index in [-0.39, 0.29) is 24.2 Å². The number of anilines is 3. The van der Waals surface area contributed by atoms with Gasteiger partial charge in [-0.3, -0.25) is 9.69 Å². The van der Waals surface area contributed by atoms with Crippen molar-refractivity contribution in [3.63, 3.8) is 0 Å². The number of carbonyl (C=O) groups is 1. The lowest BCUT2D eigenvalue weighted by Gasteiger charge is -2.36. The summed E-state index contributed by atoms with van der Waals surface area (Å²) in [6.07, 6.45) is 7.41. The fraction of sp³-hybridized carbons (Fsp3) is 0.276. The summed E-state index contributed by atoms with van der Waals surface area (Å²) in [6, 6.07) is 8.57. The molecule has 5 heterocycles. The molecule has 0 saturated carbocycles. The predicted octanol–water partition coefficient (Wildman–Crippen LogP) is 3.76. The van der Waals surface area contributed by atoms with Crippen molar-refractivity contribution in [2.75, 3.05) is 57.6 Å². The molecule has 1 saturated heterocycles. The van der Waals surface area contributed by atoms with Gasteiger partial charge in [-0.15, -0.1) is 0 Å². The fourth-order valence-electron chi connectivity index (χ4n) is 5.00. The van der Waals surface area contributed by atoms with Gasteiger partial charge in [0.15, 0.2) is 5.82 Å². The zero-order chi connectivity index (χ0) is 29.1. The van der Waals surface area contributed by atoms with Crippen LogP contribution < -0.4 is 10.6 Å². The van der Waals surface area contributed by atoms with E-state index in [1.807, 2.05) is 18.2 Å². The normalized spacial score (nSPS) is 15.1. The molecule has 12 nitrogen and oxygen atoms in total. The van der Waals surface area contributed by atoms with Crippen LogP contribution in [0.2, 0.25) is 0 Å². The van der Waals surface area contributed by atoms with Gasteiger partial charge in [0.1, 0.15) is 23.7 Å². The van der Waals surface area contributed by atoms with Crippen LogP contribution >= 0.6 is 0 Å². The standard InChI is InChI=1S/C29H30FN9O3/c1-38-9-11-39(12-10-38)24(17-41-2)27(40)36-22-5-3-4-19-20(15-33-26(19)22)25-21(30)16-34-29(37-25)35-18-6-7-23(32-14-18)28-31-8-13-42-28/h3-8,13-16,24,33H,9-12,17H2,1-2H3,(H,36,40)(H,34,35,37)/t24-/m1/s1. The molecule has 0 aliphatic carbocycles. The molecule has 216 valence electrons. The number of hydrogen-bond donors (Lipinski definition) is 3. The van der Waals surface area contributed by atoms with E-state index in [1.165, 1.54) is 6.26 Å². The molecule has 4 aromatic heterocycles. The van der Waals surface area contributed by atoms with E-state index in [4.69, 9.17) is 9.15 Å². The summed E-state index contributed by atoms with van der Waals surface area (Å²) in [4.78, 5) is 37.9. The number of aromatic amines is 1. The van der Waals surface area contributed by atoms with Crippen LogP contribution in [-0.2, 0) is 9.53 Å². The van der Waals surface area contributed by atoms with Crippen molar-refractivity contribution in [2.24, 2.45) is 0 Å². The highest BCUT2D eigenvalue weighted by atomic mass is 19.1. The summed E-state index contributed by atoms with van der Waals surface area (Å²) in [5.41, 5.74) is 3.08. The van der Waals surface area contributed by atoms with E-state index in [0.29, 0.717) is 39.4 Å². The largest absolute Gasteiger partial charge is 0.443 e. The molecule has 1 aliphatic heterocycles. The smallest absolute Gasteiger partial charge is 0.244 e. The lowest BCUT2D eigenvalue weighted by atomic mass is 10.1. The predicted molar refractivity (Wildman–Crippen MR) is 156 cm³/mol. The van der Waals surface area contributed by atoms with Crippen LogP contribution in [0.3, 0.4) is 0 Å². The minimum absolute atomic E-state index is 0.112. The number of piperazine rings is 1. The van der Waals surface area contributed by atoms with E-state index in [2.05, 4.69) is 52.4 Å².